The highest BCUT2D eigenvalue weighted by Crippen LogP contribution is 2.33. The minimum Gasteiger partial charge on any atom is -0.371 e. The molecule has 0 N–H and O–H groups in total. The zero-order valence-electron chi connectivity index (χ0n) is 15.1. The highest BCUT2D eigenvalue weighted by atomic mass is 32.2. The summed E-state index contributed by atoms with van der Waals surface area (Å²) in [6.07, 6.45) is 4.25. The van der Waals surface area contributed by atoms with Crippen LogP contribution in [0.3, 0.4) is 0 Å². The number of amides is 1. The van der Waals surface area contributed by atoms with Gasteiger partial charge in [0.1, 0.15) is 19.2 Å². The molecule has 9 heteroatoms. The fourth-order valence-electron chi connectivity index (χ4n) is 3.60. The summed E-state index contributed by atoms with van der Waals surface area (Å²) in [5, 5.41) is 3.99. The van der Waals surface area contributed by atoms with Gasteiger partial charge in [-0.15, -0.1) is 0 Å². The Balaban J connectivity index is 1.42. The number of benzene rings is 1. The molecule has 1 aromatic heterocycles. The number of ether oxygens (including phenoxy) is 1. The molecule has 2 aliphatic heterocycles. The summed E-state index contributed by atoms with van der Waals surface area (Å²) >= 11 is 0. The van der Waals surface area contributed by atoms with E-state index < -0.39 is 15.3 Å². The minimum atomic E-state index is -2.28. The van der Waals surface area contributed by atoms with E-state index in [1.165, 1.54) is 17.3 Å². The number of nitrogens with zero attached hydrogens (tertiary/aromatic N) is 5. The summed E-state index contributed by atoms with van der Waals surface area (Å²) in [6, 6.07) is 9.46. The highest BCUT2D eigenvalue weighted by Gasteiger charge is 2.42. The second kappa shape index (κ2) is 7.40. The summed E-state index contributed by atoms with van der Waals surface area (Å²) in [6.45, 7) is 1.77. The lowest BCUT2D eigenvalue weighted by Crippen LogP contribution is -2.57. The fraction of sp³-hybridized carbons (Fsp3) is 0.500. The van der Waals surface area contributed by atoms with Crippen molar-refractivity contribution >= 4 is 21.3 Å². The number of aromatic nitrogens is 3. The van der Waals surface area contributed by atoms with Crippen LogP contribution < -0.4 is 0 Å². The van der Waals surface area contributed by atoms with Crippen molar-refractivity contribution in [3.63, 3.8) is 0 Å². The molecule has 2 saturated heterocycles. The Hall–Kier alpha value is -2.26. The van der Waals surface area contributed by atoms with E-state index in [1.54, 1.807) is 0 Å². The van der Waals surface area contributed by atoms with Crippen LogP contribution in [0, 0.1) is 0 Å². The maximum absolute atomic E-state index is 13.1. The van der Waals surface area contributed by atoms with Gasteiger partial charge in [0.15, 0.2) is 0 Å². The lowest BCUT2D eigenvalue weighted by Gasteiger charge is -2.45. The Morgan fingerprint density at radius 2 is 2.04 bits per heavy atom. The molecule has 0 unspecified atom stereocenters. The van der Waals surface area contributed by atoms with Crippen LogP contribution in [0.25, 0.3) is 0 Å². The third kappa shape index (κ3) is 4.19. The van der Waals surface area contributed by atoms with Crippen molar-refractivity contribution in [3.8, 4) is 0 Å². The molecule has 0 saturated carbocycles. The molecule has 4 rings (SSSR count). The number of carbonyl (C=O) groups excluding carboxylic acids is 1. The van der Waals surface area contributed by atoms with Crippen molar-refractivity contribution in [2.24, 2.45) is 4.36 Å². The summed E-state index contributed by atoms with van der Waals surface area (Å²) in [5.74, 6) is 0.989. The standard InChI is InChI=1S/C18H23N5O3S/c24-17(12-23-15-19-14-20-23)22-8-9-26-18(13-22)6-10-27(25,11-7-18)21-16-4-2-1-3-5-16/h1-5,14-15H,6-13H2. The van der Waals surface area contributed by atoms with E-state index >= 15 is 0 Å². The van der Waals surface area contributed by atoms with Gasteiger partial charge in [0.05, 0.1) is 27.6 Å². The second-order valence-electron chi connectivity index (χ2n) is 7.05. The molecule has 2 fully saturated rings. The SMILES string of the molecule is O=C(Cn1cncn1)N1CCOC2(CCS(=O)(=Nc3ccccc3)CC2)C1. The first kappa shape index (κ1) is 18.1. The summed E-state index contributed by atoms with van der Waals surface area (Å²) in [5.41, 5.74) is 0.344. The molecular weight excluding hydrogens is 366 g/mol. The van der Waals surface area contributed by atoms with Crippen LogP contribution in [-0.4, -0.2) is 66.6 Å². The van der Waals surface area contributed by atoms with Crippen molar-refractivity contribution in [1.29, 1.82) is 0 Å². The van der Waals surface area contributed by atoms with Gasteiger partial charge in [-0.25, -0.2) is 13.9 Å². The van der Waals surface area contributed by atoms with Crippen molar-refractivity contribution in [2.45, 2.75) is 25.0 Å². The first-order valence-corrected chi connectivity index (χ1v) is 10.9. The Bertz CT molecular complexity index is 892. The van der Waals surface area contributed by atoms with Crippen molar-refractivity contribution in [2.75, 3.05) is 31.2 Å². The summed E-state index contributed by atoms with van der Waals surface area (Å²) < 4.78 is 25.2. The predicted octanol–water partition coefficient (Wildman–Crippen LogP) is 1.47. The molecule has 0 aliphatic carbocycles. The van der Waals surface area contributed by atoms with Gasteiger partial charge in [-0.1, -0.05) is 18.2 Å². The first-order valence-electron chi connectivity index (χ1n) is 9.08. The summed E-state index contributed by atoms with van der Waals surface area (Å²) in [7, 11) is -2.28. The number of hydrogen-bond acceptors (Lipinski definition) is 6. The number of carbonyl (C=O) groups is 1. The van der Waals surface area contributed by atoms with Crippen molar-refractivity contribution < 1.29 is 13.7 Å². The molecule has 1 amide bonds. The molecule has 1 spiro atoms. The molecule has 144 valence electrons. The lowest BCUT2D eigenvalue weighted by atomic mass is 9.94. The van der Waals surface area contributed by atoms with Crippen molar-refractivity contribution in [3.05, 3.63) is 43.0 Å². The molecule has 1 aromatic carbocycles. The normalized spacial score (nSPS) is 28.2. The van der Waals surface area contributed by atoms with Gasteiger partial charge in [0.25, 0.3) is 0 Å². The zero-order chi connectivity index (χ0) is 18.7. The average Bonchev–Trinajstić information content (AvgIpc) is 3.19. The second-order valence-corrected chi connectivity index (χ2v) is 9.59. The Kier molecular flexibility index (Phi) is 4.96. The zero-order valence-corrected chi connectivity index (χ0v) is 15.9. The van der Waals surface area contributed by atoms with Crippen LogP contribution in [0.2, 0.25) is 0 Å². The van der Waals surface area contributed by atoms with Crippen LogP contribution in [0.15, 0.2) is 47.3 Å². The first-order chi connectivity index (χ1) is 13.1. The van der Waals surface area contributed by atoms with E-state index in [0.29, 0.717) is 44.0 Å². The molecule has 2 aliphatic rings. The van der Waals surface area contributed by atoms with E-state index in [0.717, 1.165) is 5.69 Å². The van der Waals surface area contributed by atoms with Gasteiger partial charge < -0.3 is 9.64 Å². The smallest absolute Gasteiger partial charge is 0.244 e. The van der Waals surface area contributed by atoms with Gasteiger partial charge in [0, 0.05) is 24.6 Å². The highest BCUT2D eigenvalue weighted by molar-refractivity contribution is 7.93. The van der Waals surface area contributed by atoms with Gasteiger partial charge in [-0.3, -0.25) is 4.79 Å². The van der Waals surface area contributed by atoms with E-state index in [9.17, 15) is 9.00 Å². The van der Waals surface area contributed by atoms with E-state index in [2.05, 4.69) is 14.4 Å². The van der Waals surface area contributed by atoms with Gasteiger partial charge >= 0.3 is 0 Å². The molecule has 8 nitrogen and oxygen atoms in total. The molecular formula is C18H23N5O3S. The van der Waals surface area contributed by atoms with Crippen LogP contribution in [0.5, 0.6) is 0 Å². The molecule has 0 atom stereocenters. The number of rotatable bonds is 3. The van der Waals surface area contributed by atoms with Gasteiger partial charge in [-0.05, 0) is 25.0 Å². The van der Waals surface area contributed by atoms with Crippen LogP contribution in [-0.2, 0) is 25.8 Å². The maximum Gasteiger partial charge on any atom is 0.244 e. The Labute approximate surface area is 158 Å². The van der Waals surface area contributed by atoms with E-state index in [1.807, 2.05) is 35.2 Å². The van der Waals surface area contributed by atoms with E-state index in [-0.39, 0.29) is 12.5 Å². The number of hydrogen-bond donors (Lipinski definition) is 0. The van der Waals surface area contributed by atoms with Crippen molar-refractivity contribution in [1.82, 2.24) is 19.7 Å². The quantitative estimate of drug-likeness (QED) is 0.793. The van der Waals surface area contributed by atoms with Crippen LogP contribution in [0.4, 0.5) is 5.69 Å². The predicted molar refractivity (Wildman–Crippen MR) is 101 cm³/mol. The largest absolute Gasteiger partial charge is 0.371 e. The lowest BCUT2D eigenvalue weighted by molar-refractivity contribution is -0.152. The van der Waals surface area contributed by atoms with E-state index in [4.69, 9.17) is 4.74 Å². The maximum atomic E-state index is 13.1. The fourth-order valence-corrected chi connectivity index (χ4v) is 5.88. The number of morpholine rings is 1. The minimum absolute atomic E-state index is 0.00320. The van der Waals surface area contributed by atoms with Crippen LogP contribution >= 0.6 is 0 Å². The van der Waals surface area contributed by atoms with Crippen LogP contribution in [0.1, 0.15) is 12.8 Å². The molecule has 0 bridgehead atoms. The van der Waals surface area contributed by atoms with Gasteiger partial charge in [0.2, 0.25) is 5.91 Å². The topological polar surface area (TPSA) is 89.7 Å². The molecule has 0 radical (unpaired) electrons. The molecule has 27 heavy (non-hydrogen) atoms. The molecule has 2 aromatic rings. The molecule has 3 heterocycles. The third-order valence-electron chi connectivity index (χ3n) is 5.15. The monoisotopic (exact) mass is 389 g/mol. The average molecular weight is 389 g/mol. The Morgan fingerprint density at radius 3 is 2.74 bits per heavy atom. The Morgan fingerprint density at radius 1 is 1.26 bits per heavy atom. The van der Waals surface area contributed by atoms with Gasteiger partial charge in [-0.2, -0.15) is 9.46 Å². The third-order valence-corrected chi connectivity index (χ3v) is 7.37. The summed E-state index contributed by atoms with van der Waals surface area (Å²) in [4.78, 5) is 18.3.